The van der Waals surface area contributed by atoms with Crippen LogP contribution < -0.4 is 9.47 Å². The summed E-state index contributed by atoms with van der Waals surface area (Å²) in [6.45, 7) is 5.25. The molecule has 0 fully saturated rings. The first kappa shape index (κ1) is 22.1. The summed E-state index contributed by atoms with van der Waals surface area (Å²) in [5, 5.41) is 0.843. The van der Waals surface area contributed by atoms with E-state index < -0.39 is 11.9 Å². The average Bonchev–Trinajstić information content (AvgIpc) is 2.76. The van der Waals surface area contributed by atoms with Gasteiger partial charge >= 0.3 is 11.9 Å². The number of pyridine rings is 1. The molecular formula is C24H25NO6. The van der Waals surface area contributed by atoms with Gasteiger partial charge in [-0.3, -0.25) is 0 Å². The lowest BCUT2D eigenvalue weighted by Crippen LogP contribution is -2.18. The van der Waals surface area contributed by atoms with E-state index in [-0.39, 0.29) is 19.8 Å². The maximum Gasteiger partial charge on any atom is 0.344 e. The number of benzene rings is 2. The van der Waals surface area contributed by atoms with E-state index >= 15 is 0 Å². The minimum Gasteiger partial charge on any atom is -0.493 e. The number of carbonyl (C=O) groups is 2. The summed E-state index contributed by atoms with van der Waals surface area (Å²) >= 11 is 0. The number of carbonyl (C=O) groups excluding carboxylic acids is 2. The lowest BCUT2D eigenvalue weighted by Gasteiger charge is -2.14. The molecule has 0 aliphatic rings. The molecule has 3 aromatic rings. The Hall–Kier alpha value is -3.61. The van der Waals surface area contributed by atoms with Crippen molar-refractivity contribution in [3.63, 3.8) is 0 Å². The number of fused-ring (bicyclic) bond motifs is 1. The van der Waals surface area contributed by atoms with Crippen LogP contribution in [0.3, 0.4) is 0 Å². The van der Waals surface area contributed by atoms with E-state index in [0.29, 0.717) is 28.3 Å². The van der Waals surface area contributed by atoms with Crippen LogP contribution in [0.15, 0.2) is 42.5 Å². The Kier molecular flexibility index (Phi) is 7.07. The predicted molar refractivity (Wildman–Crippen MR) is 115 cm³/mol. The molecule has 0 spiro atoms. The van der Waals surface area contributed by atoms with Gasteiger partial charge in [0, 0.05) is 5.39 Å². The Morgan fingerprint density at radius 2 is 1.77 bits per heavy atom. The molecule has 0 unspecified atom stereocenters. The highest BCUT2D eigenvalue weighted by Gasteiger charge is 2.21. The number of esters is 2. The molecule has 0 aliphatic heterocycles. The fourth-order valence-corrected chi connectivity index (χ4v) is 3.24. The number of aryl methyl sites for hydroxylation is 2. The molecule has 31 heavy (non-hydrogen) atoms. The smallest absolute Gasteiger partial charge is 0.344 e. The highest BCUT2D eigenvalue weighted by Crippen LogP contribution is 2.28. The van der Waals surface area contributed by atoms with Crippen LogP contribution >= 0.6 is 0 Å². The van der Waals surface area contributed by atoms with E-state index in [2.05, 4.69) is 4.98 Å². The Morgan fingerprint density at radius 1 is 1.00 bits per heavy atom. The van der Waals surface area contributed by atoms with Gasteiger partial charge < -0.3 is 18.9 Å². The van der Waals surface area contributed by atoms with Crippen molar-refractivity contribution >= 4 is 22.8 Å². The molecule has 162 valence electrons. The van der Waals surface area contributed by atoms with Gasteiger partial charge in [0.2, 0.25) is 0 Å². The van der Waals surface area contributed by atoms with E-state index in [1.807, 2.05) is 50.2 Å². The van der Waals surface area contributed by atoms with Gasteiger partial charge in [0.15, 0.2) is 18.1 Å². The largest absolute Gasteiger partial charge is 0.493 e. The van der Waals surface area contributed by atoms with Crippen LogP contribution in [0.5, 0.6) is 11.5 Å². The summed E-state index contributed by atoms with van der Waals surface area (Å²) in [7, 11) is 1.53. The van der Waals surface area contributed by atoms with Gasteiger partial charge in [-0.05, 0) is 50.1 Å². The molecule has 0 atom stereocenters. The van der Waals surface area contributed by atoms with Gasteiger partial charge in [-0.25, -0.2) is 14.6 Å². The molecule has 0 amide bonds. The monoisotopic (exact) mass is 423 g/mol. The summed E-state index contributed by atoms with van der Waals surface area (Å²) in [5.74, 6) is -0.115. The summed E-state index contributed by atoms with van der Waals surface area (Å²) in [4.78, 5) is 29.3. The molecular weight excluding hydrogens is 398 g/mol. The SMILES string of the molecule is CCOC(=O)c1c(COC(=O)COc2ccc(C)cc2OC)nc2ccccc2c1C. The summed E-state index contributed by atoms with van der Waals surface area (Å²) in [6, 6.07) is 12.9. The van der Waals surface area contributed by atoms with Crippen molar-refractivity contribution in [3.8, 4) is 11.5 Å². The van der Waals surface area contributed by atoms with Gasteiger partial charge in [-0.15, -0.1) is 0 Å². The molecule has 7 nitrogen and oxygen atoms in total. The first-order chi connectivity index (χ1) is 14.9. The number of rotatable bonds is 8. The molecule has 3 rings (SSSR count). The van der Waals surface area contributed by atoms with Crippen LogP contribution in [0.1, 0.15) is 34.1 Å². The number of ether oxygens (including phenoxy) is 4. The van der Waals surface area contributed by atoms with Crippen LogP contribution in [0.25, 0.3) is 10.9 Å². The molecule has 0 radical (unpaired) electrons. The second kappa shape index (κ2) is 9.93. The van der Waals surface area contributed by atoms with Gasteiger partial charge in [0.25, 0.3) is 0 Å². The molecule has 7 heteroatoms. The van der Waals surface area contributed by atoms with Gasteiger partial charge in [-0.1, -0.05) is 24.3 Å². The number of hydrogen-bond acceptors (Lipinski definition) is 7. The minimum absolute atomic E-state index is 0.174. The number of methoxy groups -OCH3 is 1. The highest BCUT2D eigenvalue weighted by atomic mass is 16.6. The first-order valence-electron chi connectivity index (χ1n) is 9.93. The van der Waals surface area contributed by atoms with Gasteiger partial charge in [0.1, 0.15) is 6.61 Å². The molecule has 0 saturated heterocycles. The number of hydrogen-bond donors (Lipinski definition) is 0. The van der Waals surface area contributed by atoms with Gasteiger partial charge in [0.05, 0.1) is 30.5 Å². The summed E-state index contributed by atoms with van der Waals surface area (Å²) in [5.41, 5.74) is 3.11. The topological polar surface area (TPSA) is 84.0 Å². The quantitative estimate of drug-likeness (QED) is 0.503. The van der Waals surface area contributed by atoms with Crippen molar-refractivity contribution in [3.05, 3.63) is 64.8 Å². The normalized spacial score (nSPS) is 10.6. The maximum absolute atomic E-state index is 12.5. The van der Waals surface area contributed by atoms with E-state index in [1.165, 1.54) is 7.11 Å². The fraction of sp³-hybridized carbons (Fsp3) is 0.292. The molecule has 0 saturated carbocycles. The Labute approximate surface area is 180 Å². The van der Waals surface area contributed by atoms with Crippen molar-refractivity contribution in [1.82, 2.24) is 4.98 Å². The molecule has 2 aromatic carbocycles. The van der Waals surface area contributed by atoms with Crippen LogP contribution in [0.2, 0.25) is 0 Å². The number of nitrogens with zero attached hydrogens (tertiary/aromatic N) is 1. The first-order valence-corrected chi connectivity index (χ1v) is 9.93. The third kappa shape index (κ3) is 5.12. The van der Waals surface area contributed by atoms with E-state index in [9.17, 15) is 9.59 Å². The number of para-hydroxylation sites is 1. The van der Waals surface area contributed by atoms with E-state index in [0.717, 1.165) is 16.5 Å². The molecule has 0 N–H and O–H groups in total. The average molecular weight is 423 g/mol. The zero-order chi connectivity index (χ0) is 22.4. The molecule has 1 heterocycles. The maximum atomic E-state index is 12.5. The van der Waals surface area contributed by atoms with Crippen molar-refractivity contribution in [1.29, 1.82) is 0 Å². The summed E-state index contributed by atoms with van der Waals surface area (Å²) < 4.78 is 21.3. The van der Waals surface area contributed by atoms with Crippen molar-refractivity contribution in [2.75, 3.05) is 20.3 Å². The zero-order valence-electron chi connectivity index (χ0n) is 18.1. The Balaban J connectivity index is 1.76. The second-order valence-corrected chi connectivity index (χ2v) is 6.90. The van der Waals surface area contributed by atoms with Crippen LogP contribution in [0.4, 0.5) is 0 Å². The third-order valence-corrected chi connectivity index (χ3v) is 4.74. The van der Waals surface area contributed by atoms with Crippen molar-refractivity contribution < 1.29 is 28.5 Å². The summed E-state index contributed by atoms with van der Waals surface area (Å²) in [6.07, 6.45) is 0. The van der Waals surface area contributed by atoms with Crippen molar-refractivity contribution in [2.24, 2.45) is 0 Å². The van der Waals surface area contributed by atoms with Crippen LogP contribution in [0, 0.1) is 13.8 Å². The third-order valence-electron chi connectivity index (χ3n) is 4.74. The van der Waals surface area contributed by atoms with E-state index in [4.69, 9.17) is 18.9 Å². The predicted octanol–water partition coefficient (Wildman–Crippen LogP) is 4.16. The Morgan fingerprint density at radius 3 is 2.52 bits per heavy atom. The highest BCUT2D eigenvalue weighted by molar-refractivity contribution is 5.98. The lowest BCUT2D eigenvalue weighted by molar-refractivity contribution is -0.147. The number of aromatic nitrogens is 1. The lowest BCUT2D eigenvalue weighted by atomic mass is 10.0. The molecule has 0 aliphatic carbocycles. The minimum atomic E-state index is -0.593. The van der Waals surface area contributed by atoms with Crippen LogP contribution in [-0.4, -0.2) is 37.2 Å². The van der Waals surface area contributed by atoms with Gasteiger partial charge in [-0.2, -0.15) is 0 Å². The molecule has 1 aromatic heterocycles. The fourth-order valence-electron chi connectivity index (χ4n) is 3.24. The van der Waals surface area contributed by atoms with Crippen LogP contribution in [-0.2, 0) is 20.9 Å². The standard InChI is InChI=1S/C24H25NO6/c1-5-29-24(27)23-16(3)17-8-6-7-9-18(17)25-19(23)13-31-22(26)14-30-20-11-10-15(2)12-21(20)28-4/h6-12H,5,13-14H2,1-4H3. The zero-order valence-corrected chi connectivity index (χ0v) is 18.1. The van der Waals surface area contributed by atoms with Crippen molar-refractivity contribution in [2.45, 2.75) is 27.4 Å². The van der Waals surface area contributed by atoms with E-state index in [1.54, 1.807) is 13.0 Å². The molecule has 0 bridgehead atoms. The Bertz CT molecular complexity index is 1110. The second-order valence-electron chi connectivity index (χ2n) is 6.90.